The molecule has 1 aromatic carbocycles. The second-order valence-electron chi connectivity index (χ2n) is 5.59. The van der Waals surface area contributed by atoms with E-state index >= 15 is 0 Å². The van der Waals surface area contributed by atoms with Gasteiger partial charge >= 0.3 is 12.0 Å². The largest absolute Gasteiger partial charge is 0.508 e. The Bertz CT molecular complexity index is 515. The lowest BCUT2D eigenvalue weighted by Gasteiger charge is -2.15. The number of urea groups is 1. The van der Waals surface area contributed by atoms with E-state index in [-0.39, 0.29) is 12.2 Å². The maximum atomic E-state index is 11.7. The van der Waals surface area contributed by atoms with E-state index in [1.165, 1.54) is 12.1 Å². The standard InChI is InChI=1S/C15H20N2O4/c1-9-6-11(9)8-16-15(21)17-13(14(19)20)7-10-2-4-12(18)5-3-10/h2-5,9,11,13,18H,6-8H2,1H3,(H,19,20)(H2,16,17,21). The van der Waals surface area contributed by atoms with Crippen molar-refractivity contribution in [3.05, 3.63) is 29.8 Å². The molecule has 1 saturated carbocycles. The van der Waals surface area contributed by atoms with Crippen molar-refractivity contribution in [2.24, 2.45) is 11.8 Å². The zero-order chi connectivity index (χ0) is 15.4. The van der Waals surface area contributed by atoms with E-state index in [1.54, 1.807) is 12.1 Å². The molecule has 4 N–H and O–H groups in total. The van der Waals surface area contributed by atoms with Crippen molar-refractivity contribution in [3.63, 3.8) is 0 Å². The first kappa shape index (κ1) is 15.2. The van der Waals surface area contributed by atoms with Crippen molar-refractivity contribution >= 4 is 12.0 Å². The summed E-state index contributed by atoms with van der Waals surface area (Å²) >= 11 is 0. The first-order chi connectivity index (χ1) is 9.95. The zero-order valence-electron chi connectivity index (χ0n) is 11.9. The van der Waals surface area contributed by atoms with Gasteiger partial charge in [0, 0.05) is 13.0 Å². The van der Waals surface area contributed by atoms with Gasteiger partial charge in [-0.3, -0.25) is 0 Å². The number of benzene rings is 1. The van der Waals surface area contributed by atoms with Crippen LogP contribution in [0.1, 0.15) is 18.9 Å². The summed E-state index contributed by atoms with van der Waals surface area (Å²) in [4.78, 5) is 22.9. The lowest BCUT2D eigenvalue weighted by atomic mass is 10.1. The molecule has 1 aliphatic rings. The van der Waals surface area contributed by atoms with Crippen LogP contribution in [0, 0.1) is 11.8 Å². The minimum absolute atomic E-state index is 0.120. The van der Waals surface area contributed by atoms with Gasteiger partial charge in [0.2, 0.25) is 0 Å². The number of phenolic OH excluding ortho intramolecular Hbond substituents is 1. The van der Waals surface area contributed by atoms with Gasteiger partial charge in [0.15, 0.2) is 0 Å². The molecule has 2 amide bonds. The molecule has 1 aromatic rings. The quantitative estimate of drug-likeness (QED) is 0.636. The SMILES string of the molecule is CC1CC1CNC(=O)NC(Cc1ccc(O)cc1)C(=O)O. The van der Waals surface area contributed by atoms with Crippen LogP contribution in [0.25, 0.3) is 0 Å². The summed E-state index contributed by atoms with van der Waals surface area (Å²) in [5.74, 6) is 0.182. The lowest BCUT2D eigenvalue weighted by Crippen LogP contribution is -2.47. The normalized spacial score (nSPS) is 21.4. The third-order valence-electron chi connectivity index (χ3n) is 3.78. The Morgan fingerprint density at radius 1 is 1.33 bits per heavy atom. The fraction of sp³-hybridized carbons (Fsp3) is 0.467. The Morgan fingerprint density at radius 2 is 1.95 bits per heavy atom. The van der Waals surface area contributed by atoms with Crippen LogP contribution in [0.15, 0.2) is 24.3 Å². The van der Waals surface area contributed by atoms with Gasteiger partial charge in [-0.2, -0.15) is 0 Å². The molecule has 3 atom stereocenters. The van der Waals surface area contributed by atoms with Crippen molar-refractivity contribution in [1.82, 2.24) is 10.6 Å². The van der Waals surface area contributed by atoms with Crippen LogP contribution in [0.4, 0.5) is 4.79 Å². The van der Waals surface area contributed by atoms with Crippen LogP contribution in [-0.4, -0.2) is 34.8 Å². The molecule has 114 valence electrons. The number of carboxylic acid groups (broad SMARTS) is 1. The molecule has 2 rings (SSSR count). The molecular formula is C15H20N2O4. The first-order valence-electron chi connectivity index (χ1n) is 7.00. The zero-order valence-corrected chi connectivity index (χ0v) is 11.9. The van der Waals surface area contributed by atoms with Gasteiger partial charge in [-0.1, -0.05) is 19.1 Å². The Labute approximate surface area is 123 Å². The summed E-state index contributed by atoms with van der Waals surface area (Å²) in [6.45, 7) is 2.70. The Hall–Kier alpha value is -2.24. The van der Waals surface area contributed by atoms with Crippen molar-refractivity contribution < 1.29 is 19.8 Å². The number of carbonyl (C=O) groups is 2. The van der Waals surface area contributed by atoms with Crippen LogP contribution in [0.5, 0.6) is 5.75 Å². The number of carbonyl (C=O) groups excluding carboxylic acids is 1. The molecule has 0 aliphatic heterocycles. The Morgan fingerprint density at radius 3 is 2.48 bits per heavy atom. The summed E-state index contributed by atoms with van der Waals surface area (Å²) in [6.07, 6.45) is 1.28. The second-order valence-corrected chi connectivity index (χ2v) is 5.59. The van der Waals surface area contributed by atoms with Gasteiger partial charge in [0.05, 0.1) is 0 Å². The van der Waals surface area contributed by atoms with Gasteiger partial charge in [-0.25, -0.2) is 9.59 Å². The van der Waals surface area contributed by atoms with Crippen LogP contribution >= 0.6 is 0 Å². The van der Waals surface area contributed by atoms with Gasteiger partial charge in [0.25, 0.3) is 0 Å². The number of phenols is 1. The summed E-state index contributed by atoms with van der Waals surface area (Å²) in [7, 11) is 0. The van der Waals surface area contributed by atoms with Gasteiger partial charge in [-0.15, -0.1) is 0 Å². The molecular weight excluding hydrogens is 272 g/mol. The van der Waals surface area contributed by atoms with Crippen molar-refractivity contribution in [2.75, 3.05) is 6.54 Å². The monoisotopic (exact) mass is 292 g/mol. The highest BCUT2D eigenvalue weighted by Crippen LogP contribution is 2.36. The highest BCUT2D eigenvalue weighted by Gasteiger charge is 2.32. The van der Waals surface area contributed by atoms with E-state index in [0.717, 1.165) is 12.0 Å². The second kappa shape index (κ2) is 6.47. The molecule has 1 aliphatic carbocycles. The fourth-order valence-electron chi connectivity index (χ4n) is 2.18. The van der Waals surface area contributed by atoms with Crippen molar-refractivity contribution in [3.8, 4) is 5.75 Å². The average Bonchev–Trinajstić information content (AvgIpc) is 3.14. The Kier molecular flexibility index (Phi) is 4.67. The van der Waals surface area contributed by atoms with Crippen molar-refractivity contribution in [1.29, 1.82) is 0 Å². The predicted molar refractivity (Wildman–Crippen MR) is 77.0 cm³/mol. The molecule has 6 heteroatoms. The minimum Gasteiger partial charge on any atom is -0.508 e. The molecule has 0 heterocycles. The van der Waals surface area contributed by atoms with Gasteiger partial charge in [0.1, 0.15) is 11.8 Å². The molecule has 0 bridgehead atoms. The van der Waals surface area contributed by atoms with Crippen LogP contribution in [-0.2, 0) is 11.2 Å². The third-order valence-corrected chi connectivity index (χ3v) is 3.78. The fourth-order valence-corrected chi connectivity index (χ4v) is 2.18. The highest BCUT2D eigenvalue weighted by atomic mass is 16.4. The number of hydrogen-bond acceptors (Lipinski definition) is 3. The van der Waals surface area contributed by atoms with E-state index in [1.807, 2.05) is 0 Å². The molecule has 0 spiro atoms. The number of aromatic hydroxyl groups is 1. The summed E-state index contributed by atoms with van der Waals surface area (Å²) < 4.78 is 0. The summed E-state index contributed by atoms with van der Waals surface area (Å²) in [5.41, 5.74) is 0.733. The number of nitrogens with one attached hydrogen (secondary N) is 2. The van der Waals surface area contributed by atoms with E-state index in [0.29, 0.717) is 18.4 Å². The lowest BCUT2D eigenvalue weighted by molar-refractivity contribution is -0.139. The van der Waals surface area contributed by atoms with Gasteiger partial charge in [-0.05, 0) is 36.0 Å². The van der Waals surface area contributed by atoms with Gasteiger partial charge < -0.3 is 20.8 Å². The summed E-state index contributed by atoms with van der Waals surface area (Å²) in [6, 6.07) is 4.80. The molecule has 1 fully saturated rings. The van der Waals surface area contributed by atoms with Crippen LogP contribution < -0.4 is 10.6 Å². The number of aliphatic carboxylic acids is 1. The van der Waals surface area contributed by atoms with Crippen molar-refractivity contribution in [2.45, 2.75) is 25.8 Å². The minimum atomic E-state index is -1.09. The number of amides is 2. The molecule has 21 heavy (non-hydrogen) atoms. The summed E-state index contributed by atoms with van der Waals surface area (Å²) in [5, 5.41) is 23.5. The predicted octanol–water partition coefficient (Wildman–Crippen LogP) is 1.34. The topological polar surface area (TPSA) is 98.7 Å². The molecule has 6 nitrogen and oxygen atoms in total. The third kappa shape index (κ3) is 4.66. The average molecular weight is 292 g/mol. The van der Waals surface area contributed by atoms with Crippen LogP contribution in [0.2, 0.25) is 0 Å². The van der Waals surface area contributed by atoms with E-state index in [4.69, 9.17) is 0 Å². The maximum absolute atomic E-state index is 11.7. The number of rotatable bonds is 6. The maximum Gasteiger partial charge on any atom is 0.326 e. The van der Waals surface area contributed by atoms with E-state index in [2.05, 4.69) is 17.6 Å². The van der Waals surface area contributed by atoms with E-state index < -0.39 is 18.0 Å². The highest BCUT2D eigenvalue weighted by molar-refractivity contribution is 5.82. The Balaban J connectivity index is 1.84. The molecule has 0 aromatic heterocycles. The number of carboxylic acids is 1. The molecule has 0 radical (unpaired) electrons. The first-order valence-corrected chi connectivity index (χ1v) is 7.00. The smallest absolute Gasteiger partial charge is 0.326 e. The van der Waals surface area contributed by atoms with Crippen LogP contribution in [0.3, 0.4) is 0 Å². The molecule has 3 unspecified atom stereocenters. The molecule has 0 saturated heterocycles. The van der Waals surface area contributed by atoms with E-state index in [9.17, 15) is 19.8 Å². The number of hydrogen-bond donors (Lipinski definition) is 4.